The molecule has 18 heavy (non-hydrogen) atoms. The van der Waals surface area contributed by atoms with Crippen molar-refractivity contribution in [3.8, 4) is 0 Å². The summed E-state index contributed by atoms with van der Waals surface area (Å²) < 4.78 is 5.25. The summed E-state index contributed by atoms with van der Waals surface area (Å²) in [5.41, 5.74) is 0. The first-order chi connectivity index (χ1) is 8.63. The van der Waals surface area contributed by atoms with Gasteiger partial charge in [-0.15, -0.1) is 0 Å². The third-order valence-electron chi connectivity index (χ3n) is 3.45. The number of hydrogen-bond donors (Lipinski definition) is 0. The van der Waals surface area contributed by atoms with Crippen LogP contribution in [0.15, 0.2) is 0 Å². The standard InChI is InChI=1S/C16H32O2/c1-5-6-7-8-9-10-11-12-13-15(17)16(18-4)14(2)3/h14,16H,5-13H2,1-4H3. The van der Waals surface area contributed by atoms with Crippen LogP contribution in [-0.2, 0) is 9.53 Å². The van der Waals surface area contributed by atoms with Crippen LogP contribution < -0.4 is 0 Å². The molecule has 0 aromatic heterocycles. The fourth-order valence-corrected chi connectivity index (χ4v) is 2.35. The van der Waals surface area contributed by atoms with E-state index in [4.69, 9.17) is 4.74 Å². The zero-order valence-corrected chi connectivity index (χ0v) is 12.8. The van der Waals surface area contributed by atoms with E-state index in [0.29, 0.717) is 6.42 Å². The second-order valence-corrected chi connectivity index (χ2v) is 5.59. The molecule has 0 bridgehead atoms. The highest BCUT2D eigenvalue weighted by Gasteiger charge is 2.20. The lowest BCUT2D eigenvalue weighted by Gasteiger charge is -2.17. The molecule has 0 aliphatic carbocycles. The molecule has 0 aromatic carbocycles. The van der Waals surface area contributed by atoms with Gasteiger partial charge in [-0.05, 0) is 12.3 Å². The van der Waals surface area contributed by atoms with Crippen molar-refractivity contribution in [1.29, 1.82) is 0 Å². The maximum absolute atomic E-state index is 11.9. The van der Waals surface area contributed by atoms with Crippen molar-refractivity contribution in [3.05, 3.63) is 0 Å². The summed E-state index contributed by atoms with van der Waals surface area (Å²) in [5, 5.41) is 0. The topological polar surface area (TPSA) is 26.3 Å². The quantitative estimate of drug-likeness (QED) is 0.471. The third-order valence-corrected chi connectivity index (χ3v) is 3.45. The van der Waals surface area contributed by atoms with Crippen LogP contribution in [0.1, 0.15) is 78.6 Å². The molecule has 108 valence electrons. The van der Waals surface area contributed by atoms with Gasteiger partial charge in [0, 0.05) is 13.5 Å². The van der Waals surface area contributed by atoms with Crippen LogP contribution in [0.4, 0.5) is 0 Å². The maximum Gasteiger partial charge on any atom is 0.161 e. The zero-order valence-electron chi connectivity index (χ0n) is 12.8. The second-order valence-electron chi connectivity index (χ2n) is 5.59. The number of methoxy groups -OCH3 is 1. The number of carbonyl (C=O) groups excluding carboxylic acids is 1. The van der Waals surface area contributed by atoms with E-state index >= 15 is 0 Å². The molecule has 0 aliphatic heterocycles. The van der Waals surface area contributed by atoms with Gasteiger partial charge in [0.2, 0.25) is 0 Å². The highest BCUT2D eigenvalue weighted by atomic mass is 16.5. The van der Waals surface area contributed by atoms with Gasteiger partial charge in [-0.1, -0.05) is 65.7 Å². The molecular weight excluding hydrogens is 224 g/mol. The Morgan fingerprint density at radius 3 is 1.89 bits per heavy atom. The molecule has 0 N–H and O–H groups in total. The molecule has 2 nitrogen and oxygen atoms in total. The molecule has 0 saturated carbocycles. The molecule has 0 radical (unpaired) electrons. The van der Waals surface area contributed by atoms with E-state index in [0.717, 1.165) is 6.42 Å². The largest absolute Gasteiger partial charge is 0.373 e. The van der Waals surface area contributed by atoms with E-state index in [-0.39, 0.29) is 17.8 Å². The first kappa shape index (κ1) is 17.6. The third kappa shape index (κ3) is 8.68. The average molecular weight is 256 g/mol. The van der Waals surface area contributed by atoms with Gasteiger partial charge in [-0.3, -0.25) is 4.79 Å². The number of ether oxygens (including phenoxy) is 1. The summed E-state index contributed by atoms with van der Waals surface area (Å²) in [6.07, 6.45) is 10.7. The lowest BCUT2D eigenvalue weighted by atomic mass is 9.98. The maximum atomic E-state index is 11.9. The molecular formula is C16H32O2. The van der Waals surface area contributed by atoms with Crippen LogP contribution >= 0.6 is 0 Å². The highest BCUT2D eigenvalue weighted by Crippen LogP contribution is 2.13. The SMILES string of the molecule is CCCCCCCCCCC(=O)C(OC)C(C)C. The summed E-state index contributed by atoms with van der Waals surface area (Å²) in [5.74, 6) is 0.565. The van der Waals surface area contributed by atoms with E-state index in [2.05, 4.69) is 6.92 Å². The van der Waals surface area contributed by atoms with Crippen molar-refractivity contribution in [1.82, 2.24) is 0 Å². The lowest BCUT2D eigenvalue weighted by molar-refractivity contribution is -0.131. The van der Waals surface area contributed by atoms with Crippen LogP contribution in [0.25, 0.3) is 0 Å². The van der Waals surface area contributed by atoms with Crippen molar-refractivity contribution in [2.24, 2.45) is 5.92 Å². The Kier molecular flexibility index (Phi) is 11.5. The molecule has 0 rings (SSSR count). The fourth-order valence-electron chi connectivity index (χ4n) is 2.35. The van der Waals surface area contributed by atoms with Crippen molar-refractivity contribution < 1.29 is 9.53 Å². The summed E-state index contributed by atoms with van der Waals surface area (Å²) in [6, 6.07) is 0. The van der Waals surface area contributed by atoms with Gasteiger partial charge in [-0.25, -0.2) is 0 Å². The average Bonchev–Trinajstić information content (AvgIpc) is 2.33. The van der Waals surface area contributed by atoms with E-state index in [1.54, 1.807) is 7.11 Å². The van der Waals surface area contributed by atoms with Gasteiger partial charge in [0.05, 0.1) is 0 Å². The molecule has 0 aromatic rings. The van der Waals surface area contributed by atoms with Crippen LogP contribution in [0.2, 0.25) is 0 Å². The van der Waals surface area contributed by atoms with Crippen LogP contribution in [0.3, 0.4) is 0 Å². The van der Waals surface area contributed by atoms with Crippen molar-refractivity contribution in [3.63, 3.8) is 0 Å². The van der Waals surface area contributed by atoms with Crippen LogP contribution in [0, 0.1) is 5.92 Å². The summed E-state index contributed by atoms with van der Waals surface area (Å²) in [4.78, 5) is 11.9. The molecule has 0 fully saturated rings. The minimum atomic E-state index is -0.199. The van der Waals surface area contributed by atoms with Crippen molar-refractivity contribution in [2.75, 3.05) is 7.11 Å². The number of Topliss-reactive ketones (excluding diaryl/α,β-unsaturated/α-hetero) is 1. The Morgan fingerprint density at radius 2 is 1.44 bits per heavy atom. The minimum Gasteiger partial charge on any atom is -0.373 e. The predicted molar refractivity (Wildman–Crippen MR) is 77.9 cm³/mol. The first-order valence-corrected chi connectivity index (χ1v) is 7.69. The number of carbonyl (C=O) groups is 1. The van der Waals surface area contributed by atoms with E-state index < -0.39 is 0 Å². The first-order valence-electron chi connectivity index (χ1n) is 7.69. The summed E-state index contributed by atoms with van der Waals surface area (Å²) in [6.45, 7) is 6.33. The normalized spacial score (nSPS) is 12.9. The van der Waals surface area contributed by atoms with Gasteiger partial charge < -0.3 is 4.74 Å². The van der Waals surface area contributed by atoms with Gasteiger partial charge >= 0.3 is 0 Å². The number of rotatable bonds is 12. The number of ketones is 1. The number of unbranched alkanes of at least 4 members (excludes halogenated alkanes) is 7. The molecule has 0 heterocycles. The molecule has 0 aliphatic rings. The Hall–Kier alpha value is -0.370. The monoisotopic (exact) mass is 256 g/mol. The molecule has 1 unspecified atom stereocenters. The smallest absolute Gasteiger partial charge is 0.161 e. The van der Waals surface area contributed by atoms with E-state index in [1.165, 1.54) is 44.9 Å². The van der Waals surface area contributed by atoms with Crippen molar-refractivity contribution in [2.45, 2.75) is 84.7 Å². The Morgan fingerprint density at radius 1 is 0.944 bits per heavy atom. The van der Waals surface area contributed by atoms with Crippen LogP contribution in [0.5, 0.6) is 0 Å². The Labute approximate surface area is 113 Å². The highest BCUT2D eigenvalue weighted by molar-refractivity contribution is 5.83. The lowest BCUT2D eigenvalue weighted by Crippen LogP contribution is -2.28. The van der Waals surface area contributed by atoms with E-state index in [9.17, 15) is 4.79 Å². The van der Waals surface area contributed by atoms with Gasteiger partial charge in [0.1, 0.15) is 6.10 Å². The predicted octanol–water partition coefficient (Wildman–Crippen LogP) is 4.76. The number of hydrogen-bond acceptors (Lipinski definition) is 2. The Balaban J connectivity index is 3.45. The fraction of sp³-hybridized carbons (Fsp3) is 0.938. The molecule has 1 atom stereocenters. The minimum absolute atomic E-state index is 0.199. The molecule has 2 heteroatoms. The van der Waals surface area contributed by atoms with Gasteiger partial charge in [-0.2, -0.15) is 0 Å². The van der Waals surface area contributed by atoms with Crippen molar-refractivity contribution >= 4 is 5.78 Å². The van der Waals surface area contributed by atoms with Crippen LogP contribution in [-0.4, -0.2) is 19.0 Å². The van der Waals surface area contributed by atoms with E-state index in [1.807, 2.05) is 13.8 Å². The molecule has 0 spiro atoms. The van der Waals surface area contributed by atoms with Gasteiger partial charge in [0.15, 0.2) is 5.78 Å². The molecule has 0 saturated heterocycles. The summed E-state index contributed by atoms with van der Waals surface area (Å²) in [7, 11) is 1.64. The van der Waals surface area contributed by atoms with Gasteiger partial charge in [0.25, 0.3) is 0 Å². The Bertz CT molecular complexity index is 199. The zero-order chi connectivity index (χ0) is 13.8. The summed E-state index contributed by atoms with van der Waals surface area (Å²) >= 11 is 0. The second kappa shape index (κ2) is 11.7. The molecule has 0 amide bonds.